The van der Waals surface area contributed by atoms with Crippen molar-refractivity contribution in [3.63, 3.8) is 0 Å². The standard InChI is InChI=1S/C13H20N4O3S/c1-14-6-4-13(18)16-7-9-17(10-8-16)21(19,20)12-3-2-5-15-11-12/h2-3,5,11,14H,4,6-10H2,1H3. The second kappa shape index (κ2) is 6.97. The summed E-state index contributed by atoms with van der Waals surface area (Å²) in [5, 5.41) is 2.93. The minimum Gasteiger partial charge on any atom is -0.340 e. The van der Waals surface area contributed by atoms with E-state index < -0.39 is 10.0 Å². The number of carbonyl (C=O) groups excluding carboxylic acids is 1. The zero-order valence-corrected chi connectivity index (χ0v) is 12.8. The third-order valence-electron chi connectivity index (χ3n) is 3.45. The largest absolute Gasteiger partial charge is 0.340 e. The molecule has 0 saturated carbocycles. The van der Waals surface area contributed by atoms with Crippen molar-refractivity contribution in [2.24, 2.45) is 0 Å². The van der Waals surface area contributed by atoms with Crippen LogP contribution in [0.1, 0.15) is 6.42 Å². The quantitative estimate of drug-likeness (QED) is 0.794. The number of hydrogen-bond acceptors (Lipinski definition) is 5. The number of carbonyl (C=O) groups is 1. The molecule has 1 aromatic rings. The Morgan fingerprint density at radius 2 is 2.05 bits per heavy atom. The number of sulfonamides is 1. The van der Waals surface area contributed by atoms with Gasteiger partial charge in [0.05, 0.1) is 0 Å². The van der Waals surface area contributed by atoms with E-state index in [0.29, 0.717) is 39.1 Å². The van der Waals surface area contributed by atoms with Crippen molar-refractivity contribution in [1.82, 2.24) is 19.5 Å². The van der Waals surface area contributed by atoms with Crippen LogP contribution in [-0.4, -0.2) is 68.3 Å². The summed E-state index contributed by atoms with van der Waals surface area (Å²) in [7, 11) is -1.71. The lowest BCUT2D eigenvalue weighted by molar-refractivity contribution is -0.132. The summed E-state index contributed by atoms with van der Waals surface area (Å²) in [6.07, 6.45) is 3.32. The van der Waals surface area contributed by atoms with Crippen molar-refractivity contribution in [2.45, 2.75) is 11.3 Å². The van der Waals surface area contributed by atoms with Crippen LogP contribution in [0, 0.1) is 0 Å². The van der Waals surface area contributed by atoms with E-state index in [2.05, 4.69) is 10.3 Å². The van der Waals surface area contributed by atoms with Gasteiger partial charge in [-0.15, -0.1) is 0 Å². The van der Waals surface area contributed by atoms with Crippen molar-refractivity contribution in [1.29, 1.82) is 0 Å². The molecular weight excluding hydrogens is 292 g/mol. The molecule has 116 valence electrons. The van der Waals surface area contributed by atoms with E-state index in [1.807, 2.05) is 0 Å². The van der Waals surface area contributed by atoms with Gasteiger partial charge in [0.1, 0.15) is 4.90 Å². The maximum atomic E-state index is 12.4. The average molecular weight is 312 g/mol. The molecule has 21 heavy (non-hydrogen) atoms. The van der Waals surface area contributed by atoms with Crippen LogP contribution < -0.4 is 5.32 Å². The summed E-state index contributed by atoms with van der Waals surface area (Å²) in [4.78, 5) is 17.6. The molecule has 2 rings (SSSR count). The van der Waals surface area contributed by atoms with Gasteiger partial charge in [0.25, 0.3) is 0 Å². The molecule has 8 heteroatoms. The fourth-order valence-corrected chi connectivity index (χ4v) is 3.60. The topological polar surface area (TPSA) is 82.6 Å². The number of nitrogens with one attached hydrogen (secondary N) is 1. The summed E-state index contributed by atoms with van der Waals surface area (Å²) in [5.41, 5.74) is 0. The van der Waals surface area contributed by atoms with Crippen LogP contribution in [0.4, 0.5) is 0 Å². The monoisotopic (exact) mass is 312 g/mol. The maximum Gasteiger partial charge on any atom is 0.244 e. The minimum atomic E-state index is -3.51. The van der Waals surface area contributed by atoms with E-state index in [1.165, 1.54) is 22.8 Å². The lowest BCUT2D eigenvalue weighted by Gasteiger charge is -2.34. The Morgan fingerprint density at radius 1 is 1.33 bits per heavy atom. The van der Waals surface area contributed by atoms with Crippen molar-refractivity contribution < 1.29 is 13.2 Å². The number of pyridine rings is 1. The molecule has 7 nitrogen and oxygen atoms in total. The van der Waals surface area contributed by atoms with Gasteiger partial charge in [-0.2, -0.15) is 4.31 Å². The molecule has 0 aliphatic carbocycles. The Labute approximate surface area is 125 Å². The number of aromatic nitrogens is 1. The van der Waals surface area contributed by atoms with Crippen molar-refractivity contribution in [3.8, 4) is 0 Å². The van der Waals surface area contributed by atoms with Gasteiger partial charge in [-0.25, -0.2) is 8.42 Å². The highest BCUT2D eigenvalue weighted by molar-refractivity contribution is 7.89. The van der Waals surface area contributed by atoms with Crippen molar-refractivity contribution >= 4 is 15.9 Å². The number of piperazine rings is 1. The van der Waals surface area contributed by atoms with Gasteiger partial charge < -0.3 is 10.2 Å². The maximum absolute atomic E-state index is 12.4. The Morgan fingerprint density at radius 3 is 2.62 bits per heavy atom. The van der Waals surface area contributed by atoms with Crippen molar-refractivity contribution in [2.75, 3.05) is 39.8 Å². The van der Waals surface area contributed by atoms with E-state index in [4.69, 9.17) is 0 Å². The van der Waals surface area contributed by atoms with Gasteiger partial charge in [-0.05, 0) is 19.2 Å². The van der Waals surface area contributed by atoms with Crippen LogP contribution in [-0.2, 0) is 14.8 Å². The second-order valence-corrected chi connectivity index (χ2v) is 6.77. The number of nitrogens with zero attached hydrogens (tertiary/aromatic N) is 3. The molecule has 1 fully saturated rings. The molecule has 1 amide bonds. The number of hydrogen-bond donors (Lipinski definition) is 1. The summed E-state index contributed by atoms with van der Waals surface area (Å²) in [5.74, 6) is 0.0581. The van der Waals surface area contributed by atoms with Crippen LogP contribution >= 0.6 is 0 Å². The molecule has 0 atom stereocenters. The van der Waals surface area contributed by atoms with E-state index in [1.54, 1.807) is 18.0 Å². The summed E-state index contributed by atoms with van der Waals surface area (Å²) >= 11 is 0. The Hall–Kier alpha value is -1.51. The van der Waals surface area contributed by atoms with Gasteiger partial charge in [0, 0.05) is 51.5 Å². The van der Waals surface area contributed by atoms with Crippen LogP contribution in [0.25, 0.3) is 0 Å². The number of amides is 1. The molecule has 1 aliphatic heterocycles. The minimum absolute atomic E-state index is 0.0581. The van der Waals surface area contributed by atoms with Gasteiger partial charge in [0.2, 0.25) is 15.9 Å². The first-order valence-electron chi connectivity index (χ1n) is 6.88. The van der Waals surface area contributed by atoms with E-state index in [9.17, 15) is 13.2 Å². The number of rotatable bonds is 5. The van der Waals surface area contributed by atoms with Crippen LogP contribution in [0.2, 0.25) is 0 Å². The molecule has 0 unspecified atom stereocenters. The summed E-state index contributed by atoms with van der Waals surface area (Å²) in [6, 6.07) is 3.14. The fourth-order valence-electron chi connectivity index (χ4n) is 2.22. The first-order valence-corrected chi connectivity index (χ1v) is 8.32. The van der Waals surface area contributed by atoms with Crippen LogP contribution in [0.5, 0.6) is 0 Å². The first-order chi connectivity index (χ1) is 10.1. The molecule has 1 N–H and O–H groups in total. The zero-order valence-electron chi connectivity index (χ0n) is 12.0. The lowest BCUT2D eigenvalue weighted by Crippen LogP contribution is -2.50. The predicted molar refractivity (Wildman–Crippen MR) is 78.1 cm³/mol. The van der Waals surface area contributed by atoms with E-state index >= 15 is 0 Å². The van der Waals surface area contributed by atoms with E-state index in [-0.39, 0.29) is 10.8 Å². The second-order valence-electron chi connectivity index (χ2n) is 4.83. The highest BCUT2D eigenvalue weighted by Crippen LogP contribution is 2.16. The average Bonchev–Trinajstić information content (AvgIpc) is 2.53. The zero-order chi connectivity index (χ0) is 15.3. The Bertz CT molecular complexity index is 568. The van der Waals surface area contributed by atoms with E-state index in [0.717, 1.165) is 0 Å². The molecule has 0 spiro atoms. The molecule has 0 radical (unpaired) electrons. The predicted octanol–water partition coefficient (Wildman–Crippen LogP) is -0.476. The summed E-state index contributed by atoms with van der Waals surface area (Å²) < 4.78 is 26.2. The third-order valence-corrected chi connectivity index (χ3v) is 5.33. The molecular formula is C13H20N4O3S. The highest BCUT2D eigenvalue weighted by atomic mass is 32.2. The van der Waals surface area contributed by atoms with Crippen LogP contribution in [0.3, 0.4) is 0 Å². The normalized spacial score (nSPS) is 16.9. The Kier molecular flexibility index (Phi) is 5.27. The van der Waals surface area contributed by atoms with Gasteiger partial charge >= 0.3 is 0 Å². The highest BCUT2D eigenvalue weighted by Gasteiger charge is 2.29. The molecule has 0 bridgehead atoms. The smallest absolute Gasteiger partial charge is 0.244 e. The molecule has 2 heterocycles. The van der Waals surface area contributed by atoms with Gasteiger partial charge in [0.15, 0.2) is 0 Å². The third kappa shape index (κ3) is 3.78. The Balaban J connectivity index is 1.96. The lowest BCUT2D eigenvalue weighted by atomic mass is 10.3. The molecule has 0 aromatic carbocycles. The molecule has 1 aliphatic rings. The first kappa shape index (κ1) is 15.9. The van der Waals surface area contributed by atoms with Gasteiger partial charge in [-0.3, -0.25) is 9.78 Å². The van der Waals surface area contributed by atoms with Gasteiger partial charge in [-0.1, -0.05) is 0 Å². The molecule has 1 saturated heterocycles. The SMILES string of the molecule is CNCCC(=O)N1CCN(S(=O)(=O)c2cccnc2)CC1. The van der Waals surface area contributed by atoms with Crippen molar-refractivity contribution in [3.05, 3.63) is 24.5 Å². The van der Waals surface area contributed by atoms with Crippen LogP contribution in [0.15, 0.2) is 29.4 Å². The molecule has 1 aromatic heterocycles. The summed E-state index contributed by atoms with van der Waals surface area (Å²) in [6.45, 7) is 2.14. The fraction of sp³-hybridized carbons (Fsp3) is 0.538.